The molecule has 2 rings (SSSR count). The molecule has 0 bridgehead atoms. The summed E-state index contributed by atoms with van der Waals surface area (Å²) in [4.78, 5) is 11.3. The quantitative estimate of drug-likeness (QED) is 0.819. The first-order valence-corrected chi connectivity index (χ1v) is 6.42. The minimum atomic E-state index is -0.733. The lowest BCUT2D eigenvalue weighted by Gasteiger charge is -2.11. The number of hydrogen-bond donors (Lipinski definition) is 2. The van der Waals surface area contributed by atoms with E-state index in [4.69, 9.17) is 5.73 Å². The van der Waals surface area contributed by atoms with Gasteiger partial charge in [-0.05, 0) is 23.3 Å². The third-order valence-corrected chi connectivity index (χ3v) is 3.06. The van der Waals surface area contributed by atoms with E-state index in [0.717, 1.165) is 17.8 Å². The molecule has 0 unspecified atom stereocenters. The van der Waals surface area contributed by atoms with Crippen LogP contribution in [0.4, 0.5) is 5.69 Å². The van der Waals surface area contributed by atoms with Crippen LogP contribution >= 0.6 is 0 Å². The van der Waals surface area contributed by atoms with E-state index in [2.05, 4.69) is 22.2 Å². The molecule has 0 radical (unpaired) electrons. The first kappa shape index (κ1) is 14.1. The number of esters is 1. The van der Waals surface area contributed by atoms with Crippen LogP contribution in [0.5, 0.6) is 0 Å². The zero-order valence-corrected chi connectivity index (χ0v) is 11.4. The molecule has 0 fully saturated rings. The fraction of sp³-hybridized carbons (Fsp3) is 0.188. The number of carbonyl (C=O) groups excluding carboxylic acids is 1. The minimum Gasteiger partial charge on any atom is -0.468 e. The van der Waals surface area contributed by atoms with Gasteiger partial charge in [-0.1, -0.05) is 42.5 Å². The van der Waals surface area contributed by atoms with Gasteiger partial charge in [-0.15, -0.1) is 0 Å². The summed E-state index contributed by atoms with van der Waals surface area (Å²) in [5.41, 5.74) is 8.70. The predicted molar refractivity (Wildman–Crippen MR) is 79.2 cm³/mol. The van der Waals surface area contributed by atoms with E-state index in [1.54, 1.807) is 0 Å². The lowest BCUT2D eigenvalue weighted by atomic mass is 10.1. The molecular formula is C16H18N2O2. The van der Waals surface area contributed by atoms with Crippen molar-refractivity contribution in [3.8, 4) is 0 Å². The van der Waals surface area contributed by atoms with Crippen LogP contribution in [0.3, 0.4) is 0 Å². The van der Waals surface area contributed by atoms with Crippen molar-refractivity contribution in [2.75, 3.05) is 12.4 Å². The number of anilines is 1. The van der Waals surface area contributed by atoms with Gasteiger partial charge in [-0.2, -0.15) is 0 Å². The number of benzene rings is 2. The molecule has 2 aromatic rings. The Kier molecular flexibility index (Phi) is 4.74. The van der Waals surface area contributed by atoms with Crippen molar-refractivity contribution in [1.82, 2.24) is 0 Å². The van der Waals surface area contributed by atoms with Crippen molar-refractivity contribution < 1.29 is 9.53 Å². The van der Waals surface area contributed by atoms with Crippen molar-refractivity contribution in [3.63, 3.8) is 0 Å². The number of carbonyl (C=O) groups is 1. The van der Waals surface area contributed by atoms with E-state index in [1.807, 2.05) is 42.5 Å². The minimum absolute atomic E-state index is 0.435. The van der Waals surface area contributed by atoms with Crippen LogP contribution in [0.15, 0.2) is 54.6 Å². The number of hydrogen-bond acceptors (Lipinski definition) is 4. The van der Waals surface area contributed by atoms with Crippen molar-refractivity contribution in [2.24, 2.45) is 5.73 Å². The van der Waals surface area contributed by atoms with Crippen LogP contribution in [0, 0.1) is 0 Å². The van der Waals surface area contributed by atoms with E-state index >= 15 is 0 Å². The molecule has 0 aliphatic heterocycles. The molecule has 1 atom stereocenters. The van der Waals surface area contributed by atoms with Gasteiger partial charge in [0.05, 0.1) is 7.11 Å². The zero-order chi connectivity index (χ0) is 14.4. The Morgan fingerprint density at radius 1 is 1.15 bits per heavy atom. The summed E-state index contributed by atoms with van der Waals surface area (Å²) >= 11 is 0. The maximum absolute atomic E-state index is 11.3. The first-order valence-electron chi connectivity index (χ1n) is 6.42. The first-order chi connectivity index (χ1) is 9.70. The lowest BCUT2D eigenvalue weighted by molar-refractivity contribution is -0.142. The number of ether oxygens (including phenoxy) is 1. The number of methoxy groups -OCH3 is 1. The molecule has 2 aromatic carbocycles. The molecule has 4 heteroatoms. The van der Waals surface area contributed by atoms with Gasteiger partial charge in [0, 0.05) is 12.2 Å². The highest BCUT2D eigenvalue weighted by atomic mass is 16.5. The Morgan fingerprint density at radius 3 is 2.40 bits per heavy atom. The van der Waals surface area contributed by atoms with Crippen molar-refractivity contribution in [2.45, 2.75) is 12.6 Å². The second kappa shape index (κ2) is 6.73. The summed E-state index contributed by atoms with van der Waals surface area (Å²) < 4.78 is 4.62. The Labute approximate surface area is 118 Å². The van der Waals surface area contributed by atoms with Crippen LogP contribution in [0.2, 0.25) is 0 Å². The molecule has 4 nitrogen and oxygen atoms in total. The van der Waals surface area contributed by atoms with Crippen molar-refractivity contribution in [1.29, 1.82) is 0 Å². The zero-order valence-electron chi connectivity index (χ0n) is 11.4. The molecule has 0 saturated heterocycles. The fourth-order valence-electron chi connectivity index (χ4n) is 1.87. The van der Waals surface area contributed by atoms with Gasteiger partial charge in [-0.25, -0.2) is 0 Å². The molecule has 0 amide bonds. The maximum atomic E-state index is 11.3. The highest BCUT2D eigenvalue weighted by molar-refractivity contribution is 5.77. The summed E-state index contributed by atoms with van der Waals surface area (Å²) in [6, 6.07) is 16.9. The molecule has 0 heterocycles. The van der Waals surface area contributed by atoms with Crippen LogP contribution in [0.25, 0.3) is 0 Å². The molecule has 0 saturated carbocycles. The second-order valence-electron chi connectivity index (χ2n) is 4.46. The Bertz CT molecular complexity index is 552. The van der Waals surface area contributed by atoms with Gasteiger partial charge in [0.1, 0.15) is 6.04 Å². The fourth-order valence-corrected chi connectivity index (χ4v) is 1.87. The van der Waals surface area contributed by atoms with Gasteiger partial charge in [0.25, 0.3) is 0 Å². The van der Waals surface area contributed by atoms with Crippen LogP contribution in [-0.4, -0.2) is 13.1 Å². The Balaban J connectivity index is 1.96. The second-order valence-corrected chi connectivity index (χ2v) is 4.46. The third-order valence-electron chi connectivity index (χ3n) is 3.06. The normalized spacial score (nSPS) is 11.7. The van der Waals surface area contributed by atoms with Crippen molar-refractivity contribution >= 4 is 11.7 Å². The maximum Gasteiger partial charge on any atom is 0.327 e. The third kappa shape index (κ3) is 3.59. The SMILES string of the molecule is COC(=O)[C@H](N)c1ccc(NCc2ccccc2)cc1. The summed E-state index contributed by atoms with van der Waals surface area (Å²) in [7, 11) is 1.33. The smallest absolute Gasteiger partial charge is 0.327 e. The van der Waals surface area contributed by atoms with Crippen molar-refractivity contribution in [3.05, 3.63) is 65.7 Å². The highest BCUT2D eigenvalue weighted by Crippen LogP contribution is 2.16. The van der Waals surface area contributed by atoms with Gasteiger partial charge in [0.15, 0.2) is 0 Å². The predicted octanol–water partition coefficient (Wildman–Crippen LogP) is 2.47. The van der Waals surface area contributed by atoms with Gasteiger partial charge < -0.3 is 15.8 Å². The number of nitrogens with one attached hydrogen (secondary N) is 1. The van der Waals surface area contributed by atoms with E-state index in [1.165, 1.54) is 12.7 Å². The van der Waals surface area contributed by atoms with Crippen LogP contribution in [-0.2, 0) is 16.1 Å². The topological polar surface area (TPSA) is 64.3 Å². The lowest BCUT2D eigenvalue weighted by Crippen LogP contribution is -2.22. The van der Waals surface area contributed by atoms with Gasteiger partial charge in [0.2, 0.25) is 0 Å². The van der Waals surface area contributed by atoms with Crippen LogP contribution < -0.4 is 11.1 Å². The van der Waals surface area contributed by atoms with Gasteiger partial charge in [-0.3, -0.25) is 4.79 Å². The standard InChI is InChI=1S/C16H18N2O2/c1-20-16(19)15(17)13-7-9-14(10-8-13)18-11-12-5-3-2-4-6-12/h2-10,15,18H,11,17H2,1H3/t15-/m1/s1. The Hall–Kier alpha value is -2.33. The van der Waals surface area contributed by atoms with E-state index in [-0.39, 0.29) is 0 Å². The molecule has 0 aromatic heterocycles. The Morgan fingerprint density at radius 2 is 1.80 bits per heavy atom. The number of nitrogens with two attached hydrogens (primary N) is 1. The molecule has 0 spiro atoms. The summed E-state index contributed by atoms with van der Waals surface area (Å²) in [6.45, 7) is 0.753. The van der Waals surface area contributed by atoms with E-state index in [0.29, 0.717) is 0 Å². The molecule has 0 aliphatic rings. The molecular weight excluding hydrogens is 252 g/mol. The average molecular weight is 270 g/mol. The molecule has 3 N–H and O–H groups in total. The average Bonchev–Trinajstić information content (AvgIpc) is 2.53. The molecule has 0 aliphatic carbocycles. The van der Waals surface area contributed by atoms with Crippen LogP contribution in [0.1, 0.15) is 17.2 Å². The van der Waals surface area contributed by atoms with E-state index in [9.17, 15) is 4.79 Å². The summed E-state index contributed by atoms with van der Waals surface area (Å²) in [6.07, 6.45) is 0. The molecule has 104 valence electrons. The summed E-state index contributed by atoms with van der Waals surface area (Å²) in [5, 5.41) is 3.31. The van der Waals surface area contributed by atoms with E-state index < -0.39 is 12.0 Å². The van der Waals surface area contributed by atoms with Gasteiger partial charge >= 0.3 is 5.97 Å². The monoisotopic (exact) mass is 270 g/mol. The number of rotatable bonds is 5. The highest BCUT2D eigenvalue weighted by Gasteiger charge is 2.15. The largest absolute Gasteiger partial charge is 0.468 e. The summed E-state index contributed by atoms with van der Waals surface area (Å²) in [5.74, 6) is -0.435. The molecule has 20 heavy (non-hydrogen) atoms.